The van der Waals surface area contributed by atoms with Gasteiger partial charge in [-0.05, 0) is 60.7 Å². The third-order valence-corrected chi connectivity index (χ3v) is 6.65. The molecule has 0 fully saturated rings. The van der Waals surface area contributed by atoms with Gasteiger partial charge in [-0.25, -0.2) is 17.8 Å². The molecule has 158 valence electrons. The van der Waals surface area contributed by atoms with Crippen molar-refractivity contribution < 1.29 is 22.3 Å². The number of halogens is 1. The Morgan fingerprint density at radius 2 is 1.84 bits per heavy atom. The van der Waals surface area contributed by atoms with Crippen molar-refractivity contribution in [1.29, 1.82) is 0 Å². The van der Waals surface area contributed by atoms with E-state index < -0.39 is 15.9 Å². The van der Waals surface area contributed by atoms with Crippen molar-refractivity contribution in [2.24, 2.45) is 0 Å². The second-order valence-electron chi connectivity index (χ2n) is 6.45. The van der Waals surface area contributed by atoms with Gasteiger partial charge in [-0.15, -0.1) is 0 Å². The summed E-state index contributed by atoms with van der Waals surface area (Å²) in [5.74, 6) is -0.314. The molecule has 1 aromatic heterocycles. The number of thiazole rings is 1. The number of sulfonamides is 1. The number of nitrogens with zero attached hydrogens (tertiary/aromatic N) is 1. The van der Waals surface area contributed by atoms with Gasteiger partial charge >= 0.3 is 0 Å². The zero-order chi connectivity index (χ0) is 22.0. The number of carbonyl (C=O) groups is 1. The minimum absolute atomic E-state index is 0.0601. The maximum Gasteiger partial charge on any atom is 0.261 e. The number of hydrogen-bond acceptors (Lipinski definition) is 6. The number of benzene rings is 3. The van der Waals surface area contributed by atoms with Gasteiger partial charge in [-0.2, -0.15) is 0 Å². The minimum Gasteiger partial charge on any atom is -0.497 e. The molecule has 31 heavy (non-hydrogen) atoms. The van der Waals surface area contributed by atoms with Gasteiger partial charge in [0.25, 0.3) is 15.9 Å². The molecule has 2 N–H and O–H groups in total. The molecule has 0 aliphatic heterocycles. The van der Waals surface area contributed by atoms with Crippen LogP contribution in [-0.4, -0.2) is 26.4 Å². The molecule has 0 spiro atoms. The van der Waals surface area contributed by atoms with Crippen LogP contribution in [0, 0.1) is 5.82 Å². The lowest BCUT2D eigenvalue weighted by Gasteiger charge is -2.10. The number of hydrogen-bond donors (Lipinski definition) is 2. The van der Waals surface area contributed by atoms with Gasteiger partial charge < -0.3 is 4.74 Å². The average Bonchev–Trinajstić information content (AvgIpc) is 3.15. The fourth-order valence-corrected chi connectivity index (χ4v) is 4.75. The predicted octanol–water partition coefficient (Wildman–Crippen LogP) is 4.50. The number of aromatic nitrogens is 1. The van der Waals surface area contributed by atoms with Crippen LogP contribution in [-0.2, 0) is 10.0 Å². The standard InChI is InChI=1S/C21H16FN3O4S2/c1-29-16-6-8-17(9-7-16)31(27,28)25-15-4-2-3-13(11-15)20(26)24-21-23-18-10-5-14(22)12-19(18)30-21/h2-12,25H,1H3,(H,23,24,26). The summed E-state index contributed by atoms with van der Waals surface area (Å²) in [5.41, 5.74) is 1.04. The van der Waals surface area contributed by atoms with E-state index in [1.807, 2.05) is 0 Å². The number of methoxy groups -OCH3 is 1. The number of anilines is 2. The summed E-state index contributed by atoms with van der Waals surface area (Å²) in [6.07, 6.45) is 0. The van der Waals surface area contributed by atoms with E-state index in [-0.39, 0.29) is 22.0 Å². The van der Waals surface area contributed by atoms with Gasteiger partial charge in [0.2, 0.25) is 0 Å². The van der Waals surface area contributed by atoms with Crippen LogP contribution in [0.4, 0.5) is 15.2 Å². The second kappa shape index (κ2) is 8.32. The van der Waals surface area contributed by atoms with Gasteiger partial charge in [0.05, 0.1) is 22.2 Å². The zero-order valence-electron chi connectivity index (χ0n) is 16.1. The zero-order valence-corrected chi connectivity index (χ0v) is 17.8. The first-order valence-corrected chi connectivity index (χ1v) is 11.3. The highest BCUT2D eigenvalue weighted by Crippen LogP contribution is 2.27. The predicted molar refractivity (Wildman–Crippen MR) is 118 cm³/mol. The first-order chi connectivity index (χ1) is 14.8. The number of nitrogens with one attached hydrogen (secondary N) is 2. The lowest BCUT2D eigenvalue weighted by atomic mass is 10.2. The first-order valence-electron chi connectivity index (χ1n) is 8.98. The molecule has 10 heteroatoms. The quantitative estimate of drug-likeness (QED) is 0.444. The Balaban J connectivity index is 1.52. The van der Waals surface area contributed by atoms with E-state index in [1.165, 1.54) is 49.6 Å². The van der Waals surface area contributed by atoms with Gasteiger partial charge in [-0.1, -0.05) is 17.4 Å². The monoisotopic (exact) mass is 457 g/mol. The molecule has 3 aromatic carbocycles. The Morgan fingerprint density at radius 1 is 1.06 bits per heavy atom. The summed E-state index contributed by atoms with van der Waals surface area (Å²) < 4.78 is 46.7. The number of carbonyl (C=O) groups excluding carboxylic acids is 1. The fourth-order valence-electron chi connectivity index (χ4n) is 2.81. The molecular formula is C21H16FN3O4S2. The van der Waals surface area contributed by atoms with Crippen LogP contribution in [0.3, 0.4) is 0 Å². The van der Waals surface area contributed by atoms with Crippen LogP contribution in [0.5, 0.6) is 5.75 Å². The van der Waals surface area contributed by atoms with Gasteiger partial charge in [0.1, 0.15) is 11.6 Å². The van der Waals surface area contributed by atoms with Crippen LogP contribution < -0.4 is 14.8 Å². The van der Waals surface area contributed by atoms with E-state index in [9.17, 15) is 17.6 Å². The molecule has 0 saturated heterocycles. The molecule has 0 atom stereocenters. The molecular weight excluding hydrogens is 441 g/mol. The summed E-state index contributed by atoms with van der Waals surface area (Å²) in [5, 5.41) is 2.97. The molecule has 0 saturated carbocycles. The maximum atomic E-state index is 13.3. The van der Waals surface area contributed by atoms with Crippen molar-refractivity contribution in [3.05, 3.63) is 78.1 Å². The third kappa shape index (κ3) is 4.65. The van der Waals surface area contributed by atoms with Gasteiger partial charge in [0, 0.05) is 11.3 Å². The Bertz CT molecular complexity index is 1370. The summed E-state index contributed by atoms with van der Waals surface area (Å²) in [7, 11) is -2.35. The van der Waals surface area contributed by atoms with Crippen molar-refractivity contribution in [3.63, 3.8) is 0 Å². The third-order valence-electron chi connectivity index (χ3n) is 4.32. The lowest BCUT2D eigenvalue weighted by Crippen LogP contribution is -2.15. The minimum atomic E-state index is -3.84. The first kappa shape index (κ1) is 20.8. The highest BCUT2D eigenvalue weighted by atomic mass is 32.2. The van der Waals surface area contributed by atoms with E-state index in [1.54, 1.807) is 24.3 Å². The average molecular weight is 458 g/mol. The molecule has 0 bridgehead atoms. The molecule has 0 aliphatic rings. The number of ether oxygens (including phenoxy) is 1. The van der Waals surface area contributed by atoms with E-state index >= 15 is 0 Å². The molecule has 1 heterocycles. The molecule has 1 amide bonds. The summed E-state index contributed by atoms with van der Waals surface area (Å²) in [6.45, 7) is 0. The second-order valence-corrected chi connectivity index (χ2v) is 9.16. The van der Waals surface area contributed by atoms with E-state index in [2.05, 4.69) is 15.0 Å². The van der Waals surface area contributed by atoms with E-state index in [4.69, 9.17) is 4.74 Å². The highest BCUT2D eigenvalue weighted by Gasteiger charge is 2.16. The molecule has 4 rings (SSSR count). The Labute approximate surface area is 181 Å². The van der Waals surface area contributed by atoms with Crippen LogP contribution in [0.15, 0.2) is 71.6 Å². The van der Waals surface area contributed by atoms with Crippen LogP contribution in [0.1, 0.15) is 10.4 Å². The van der Waals surface area contributed by atoms with E-state index in [0.717, 1.165) is 11.3 Å². The summed E-state index contributed by atoms with van der Waals surface area (Å²) in [6, 6.07) is 16.2. The van der Waals surface area contributed by atoms with Crippen molar-refractivity contribution in [2.45, 2.75) is 4.90 Å². The molecule has 0 unspecified atom stereocenters. The maximum absolute atomic E-state index is 13.3. The Morgan fingerprint density at radius 3 is 2.58 bits per heavy atom. The largest absolute Gasteiger partial charge is 0.497 e. The molecule has 0 radical (unpaired) electrons. The number of fused-ring (bicyclic) bond motifs is 1. The summed E-state index contributed by atoms with van der Waals surface area (Å²) in [4.78, 5) is 16.9. The fraction of sp³-hybridized carbons (Fsp3) is 0.0476. The van der Waals surface area contributed by atoms with Crippen LogP contribution >= 0.6 is 11.3 Å². The summed E-state index contributed by atoms with van der Waals surface area (Å²) >= 11 is 1.14. The van der Waals surface area contributed by atoms with Crippen molar-refractivity contribution in [2.75, 3.05) is 17.1 Å². The lowest BCUT2D eigenvalue weighted by molar-refractivity contribution is 0.102. The smallest absolute Gasteiger partial charge is 0.261 e. The SMILES string of the molecule is COc1ccc(S(=O)(=O)Nc2cccc(C(=O)Nc3nc4ccc(F)cc4s3)c2)cc1. The van der Waals surface area contributed by atoms with E-state index in [0.29, 0.717) is 21.1 Å². The normalized spacial score (nSPS) is 11.3. The molecule has 7 nitrogen and oxygen atoms in total. The van der Waals surface area contributed by atoms with Crippen molar-refractivity contribution in [3.8, 4) is 5.75 Å². The molecule has 4 aromatic rings. The Hall–Kier alpha value is -3.50. The van der Waals surface area contributed by atoms with Crippen molar-refractivity contribution >= 4 is 48.3 Å². The molecule has 0 aliphatic carbocycles. The highest BCUT2D eigenvalue weighted by molar-refractivity contribution is 7.92. The van der Waals surface area contributed by atoms with Crippen molar-refractivity contribution in [1.82, 2.24) is 4.98 Å². The van der Waals surface area contributed by atoms with Crippen LogP contribution in [0.25, 0.3) is 10.2 Å². The van der Waals surface area contributed by atoms with Gasteiger partial charge in [0.15, 0.2) is 5.13 Å². The van der Waals surface area contributed by atoms with Crippen LogP contribution in [0.2, 0.25) is 0 Å². The number of rotatable bonds is 6. The topological polar surface area (TPSA) is 97.4 Å². The van der Waals surface area contributed by atoms with Gasteiger partial charge in [-0.3, -0.25) is 14.8 Å². The Kier molecular flexibility index (Phi) is 5.57. The number of amides is 1.